The summed E-state index contributed by atoms with van der Waals surface area (Å²) in [6.45, 7) is 0. The molecule has 0 spiro atoms. The average molecular weight is 294 g/mol. The summed E-state index contributed by atoms with van der Waals surface area (Å²) in [4.78, 5) is 16.8. The van der Waals surface area contributed by atoms with Crippen LogP contribution in [0.15, 0.2) is 48.7 Å². The van der Waals surface area contributed by atoms with Crippen LogP contribution in [0.25, 0.3) is 21.1 Å². The molecule has 0 aliphatic rings. The summed E-state index contributed by atoms with van der Waals surface area (Å²) in [5.41, 5.74) is 2.18. The number of anilines is 1. The van der Waals surface area contributed by atoms with Crippen molar-refractivity contribution in [2.24, 2.45) is 0 Å². The fraction of sp³-hybridized carbons (Fsp3) is 0. The van der Waals surface area contributed by atoms with Crippen LogP contribution in [0, 0.1) is 0 Å². The first-order chi connectivity index (χ1) is 10.3. The Morgan fingerprint density at radius 1 is 1.14 bits per heavy atom. The van der Waals surface area contributed by atoms with Gasteiger partial charge in [-0.2, -0.15) is 5.10 Å². The molecular weight excluding hydrogens is 284 g/mol. The van der Waals surface area contributed by atoms with E-state index in [9.17, 15) is 4.79 Å². The maximum absolute atomic E-state index is 12.4. The van der Waals surface area contributed by atoms with E-state index in [1.807, 2.05) is 36.4 Å². The minimum atomic E-state index is -0.191. The topological polar surface area (TPSA) is 70.7 Å². The molecule has 2 N–H and O–H groups in total. The van der Waals surface area contributed by atoms with E-state index in [0.717, 1.165) is 21.1 Å². The highest BCUT2D eigenvalue weighted by Crippen LogP contribution is 2.26. The van der Waals surface area contributed by atoms with Crippen LogP contribution in [0.4, 0.5) is 5.13 Å². The molecule has 2 heterocycles. The highest BCUT2D eigenvalue weighted by atomic mass is 32.1. The van der Waals surface area contributed by atoms with Crippen molar-refractivity contribution in [3.8, 4) is 0 Å². The van der Waals surface area contributed by atoms with Gasteiger partial charge in [0.05, 0.1) is 27.5 Å². The number of thiazole rings is 1. The van der Waals surface area contributed by atoms with Gasteiger partial charge in [-0.25, -0.2) is 4.98 Å². The van der Waals surface area contributed by atoms with E-state index in [1.165, 1.54) is 11.3 Å². The number of para-hydroxylation sites is 2. The van der Waals surface area contributed by atoms with Gasteiger partial charge in [-0.05, 0) is 18.2 Å². The molecule has 4 rings (SSSR count). The molecule has 0 bridgehead atoms. The van der Waals surface area contributed by atoms with Crippen molar-refractivity contribution in [2.45, 2.75) is 0 Å². The first kappa shape index (κ1) is 12.0. The lowest BCUT2D eigenvalue weighted by Gasteiger charge is -2.02. The number of fused-ring (bicyclic) bond motifs is 2. The highest BCUT2D eigenvalue weighted by molar-refractivity contribution is 7.22. The normalized spacial score (nSPS) is 11.0. The van der Waals surface area contributed by atoms with Gasteiger partial charge in [0.1, 0.15) is 0 Å². The molecule has 2 aromatic heterocycles. The zero-order valence-corrected chi connectivity index (χ0v) is 11.6. The molecule has 1 amide bonds. The van der Waals surface area contributed by atoms with Crippen molar-refractivity contribution in [1.82, 2.24) is 15.2 Å². The Kier molecular flexibility index (Phi) is 2.68. The lowest BCUT2D eigenvalue weighted by molar-refractivity contribution is 0.102. The standard InChI is InChI=1S/C15H10N4OS/c20-14(10-5-3-4-9-8-16-19-13(9)10)18-15-17-11-6-1-2-7-12(11)21-15/h1-8H,(H,16,19)(H,17,18,20). The Hall–Kier alpha value is -2.73. The third kappa shape index (κ3) is 2.05. The fourth-order valence-electron chi connectivity index (χ4n) is 2.25. The highest BCUT2D eigenvalue weighted by Gasteiger charge is 2.13. The van der Waals surface area contributed by atoms with Crippen LogP contribution in [0.5, 0.6) is 0 Å². The number of aromatic nitrogens is 3. The Morgan fingerprint density at radius 2 is 2.05 bits per heavy atom. The molecule has 4 aromatic rings. The van der Waals surface area contributed by atoms with Crippen molar-refractivity contribution < 1.29 is 4.79 Å². The summed E-state index contributed by atoms with van der Waals surface area (Å²) in [6, 6.07) is 13.3. The van der Waals surface area contributed by atoms with E-state index in [1.54, 1.807) is 12.3 Å². The largest absolute Gasteiger partial charge is 0.298 e. The van der Waals surface area contributed by atoms with Gasteiger partial charge in [-0.1, -0.05) is 35.6 Å². The van der Waals surface area contributed by atoms with Crippen LogP contribution in [-0.4, -0.2) is 21.1 Å². The van der Waals surface area contributed by atoms with Crippen molar-refractivity contribution in [1.29, 1.82) is 0 Å². The lowest BCUT2D eigenvalue weighted by atomic mass is 10.1. The molecule has 6 heteroatoms. The molecule has 5 nitrogen and oxygen atoms in total. The molecule has 0 fully saturated rings. The molecule has 0 aliphatic heterocycles. The van der Waals surface area contributed by atoms with Gasteiger partial charge in [-0.3, -0.25) is 15.2 Å². The Bertz CT molecular complexity index is 923. The molecule has 0 unspecified atom stereocenters. The summed E-state index contributed by atoms with van der Waals surface area (Å²) in [5.74, 6) is -0.191. The fourth-order valence-corrected chi connectivity index (χ4v) is 3.11. The van der Waals surface area contributed by atoms with E-state index >= 15 is 0 Å². The van der Waals surface area contributed by atoms with Crippen LogP contribution >= 0.6 is 11.3 Å². The number of hydrogen-bond donors (Lipinski definition) is 2. The number of nitrogens with one attached hydrogen (secondary N) is 2. The number of carbonyl (C=O) groups excluding carboxylic acids is 1. The number of H-pyrrole nitrogens is 1. The number of amides is 1. The minimum Gasteiger partial charge on any atom is -0.298 e. The van der Waals surface area contributed by atoms with Crippen LogP contribution < -0.4 is 5.32 Å². The van der Waals surface area contributed by atoms with Gasteiger partial charge in [0, 0.05) is 5.39 Å². The molecule has 0 saturated carbocycles. The summed E-state index contributed by atoms with van der Waals surface area (Å²) < 4.78 is 1.05. The molecule has 2 aromatic carbocycles. The van der Waals surface area contributed by atoms with Crippen LogP contribution in [0.3, 0.4) is 0 Å². The van der Waals surface area contributed by atoms with Crippen LogP contribution in [0.1, 0.15) is 10.4 Å². The first-order valence-electron chi connectivity index (χ1n) is 6.40. The Balaban J connectivity index is 1.70. The predicted octanol–water partition coefficient (Wildman–Crippen LogP) is 3.42. The minimum absolute atomic E-state index is 0.191. The van der Waals surface area contributed by atoms with Gasteiger partial charge in [0.2, 0.25) is 0 Å². The zero-order valence-electron chi connectivity index (χ0n) is 10.8. The second kappa shape index (κ2) is 4.68. The second-order valence-electron chi connectivity index (χ2n) is 4.58. The molecule has 0 aliphatic carbocycles. The van der Waals surface area contributed by atoms with Gasteiger partial charge < -0.3 is 0 Å². The SMILES string of the molecule is O=C(Nc1nc2ccccc2s1)c1cccc2cn[nH]c12. The Labute approximate surface area is 123 Å². The maximum Gasteiger partial charge on any atom is 0.259 e. The van der Waals surface area contributed by atoms with Crippen molar-refractivity contribution in [3.05, 3.63) is 54.2 Å². The number of carbonyl (C=O) groups is 1. The summed E-state index contributed by atoms with van der Waals surface area (Å²) in [5, 5.41) is 11.2. The predicted molar refractivity (Wildman–Crippen MR) is 83.7 cm³/mol. The van der Waals surface area contributed by atoms with Crippen molar-refractivity contribution in [3.63, 3.8) is 0 Å². The second-order valence-corrected chi connectivity index (χ2v) is 5.61. The van der Waals surface area contributed by atoms with Crippen LogP contribution in [0.2, 0.25) is 0 Å². The van der Waals surface area contributed by atoms with E-state index in [4.69, 9.17) is 0 Å². The van der Waals surface area contributed by atoms with Crippen molar-refractivity contribution in [2.75, 3.05) is 5.32 Å². The lowest BCUT2D eigenvalue weighted by Crippen LogP contribution is -2.12. The number of aromatic amines is 1. The number of benzene rings is 2. The Morgan fingerprint density at radius 3 is 2.95 bits per heavy atom. The third-order valence-electron chi connectivity index (χ3n) is 3.24. The molecule has 0 atom stereocenters. The monoisotopic (exact) mass is 294 g/mol. The van der Waals surface area contributed by atoms with Crippen LogP contribution in [-0.2, 0) is 0 Å². The van der Waals surface area contributed by atoms with E-state index < -0.39 is 0 Å². The summed E-state index contributed by atoms with van der Waals surface area (Å²) >= 11 is 1.46. The molecule has 21 heavy (non-hydrogen) atoms. The maximum atomic E-state index is 12.4. The molecule has 0 saturated heterocycles. The molecule has 102 valence electrons. The van der Waals surface area contributed by atoms with E-state index in [-0.39, 0.29) is 5.91 Å². The van der Waals surface area contributed by atoms with E-state index in [2.05, 4.69) is 20.5 Å². The summed E-state index contributed by atoms with van der Waals surface area (Å²) in [6.07, 6.45) is 1.70. The van der Waals surface area contributed by atoms with Gasteiger partial charge in [-0.15, -0.1) is 0 Å². The quantitative estimate of drug-likeness (QED) is 0.595. The number of rotatable bonds is 2. The summed E-state index contributed by atoms with van der Waals surface area (Å²) in [7, 11) is 0. The first-order valence-corrected chi connectivity index (χ1v) is 7.22. The average Bonchev–Trinajstić information content (AvgIpc) is 3.12. The number of nitrogens with zero attached hydrogens (tertiary/aromatic N) is 2. The van der Waals surface area contributed by atoms with E-state index in [0.29, 0.717) is 10.7 Å². The van der Waals surface area contributed by atoms with Gasteiger partial charge >= 0.3 is 0 Å². The molecular formula is C15H10N4OS. The van der Waals surface area contributed by atoms with Crippen molar-refractivity contribution >= 4 is 43.5 Å². The third-order valence-corrected chi connectivity index (χ3v) is 4.19. The number of hydrogen-bond acceptors (Lipinski definition) is 4. The van der Waals surface area contributed by atoms with Gasteiger partial charge in [0.15, 0.2) is 5.13 Å². The molecule has 0 radical (unpaired) electrons. The zero-order chi connectivity index (χ0) is 14.2. The smallest absolute Gasteiger partial charge is 0.259 e. The van der Waals surface area contributed by atoms with Gasteiger partial charge in [0.25, 0.3) is 5.91 Å².